The summed E-state index contributed by atoms with van der Waals surface area (Å²) in [6.07, 6.45) is 1.24. The van der Waals surface area contributed by atoms with Crippen molar-refractivity contribution >= 4 is 28.1 Å². The Morgan fingerprint density at radius 2 is 2.04 bits per heavy atom. The number of nitrogens with zero attached hydrogens (tertiary/aromatic N) is 3. The third-order valence-corrected chi connectivity index (χ3v) is 5.24. The minimum absolute atomic E-state index is 0.159. The van der Waals surface area contributed by atoms with E-state index in [-0.39, 0.29) is 12.3 Å². The van der Waals surface area contributed by atoms with Crippen LogP contribution in [0.1, 0.15) is 30.7 Å². The molecule has 1 aromatic heterocycles. The van der Waals surface area contributed by atoms with Crippen LogP contribution in [0.25, 0.3) is 0 Å². The van der Waals surface area contributed by atoms with Gasteiger partial charge in [0.2, 0.25) is 5.91 Å². The van der Waals surface area contributed by atoms with Gasteiger partial charge in [0.25, 0.3) is 0 Å². The quantitative estimate of drug-likeness (QED) is 0.625. The van der Waals surface area contributed by atoms with Gasteiger partial charge in [0, 0.05) is 18.5 Å². The minimum Gasteiger partial charge on any atom is -0.378 e. The number of hydrogen-bond donors (Lipinski definition) is 1. The predicted molar refractivity (Wildman–Crippen MR) is 105 cm³/mol. The van der Waals surface area contributed by atoms with Crippen molar-refractivity contribution in [3.63, 3.8) is 0 Å². The highest BCUT2D eigenvalue weighted by molar-refractivity contribution is 7.13. The van der Waals surface area contributed by atoms with Crippen LogP contribution in [-0.2, 0) is 22.4 Å². The molecule has 0 bridgehead atoms. The first kappa shape index (κ1) is 18.5. The number of ether oxygens (including phenoxy) is 1. The van der Waals surface area contributed by atoms with Gasteiger partial charge in [0.1, 0.15) is 0 Å². The van der Waals surface area contributed by atoms with Crippen molar-refractivity contribution in [2.45, 2.75) is 26.7 Å². The second kappa shape index (κ2) is 8.91. The van der Waals surface area contributed by atoms with Gasteiger partial charge in [-0.2, -0.15) is 5.10 Å². The molecule has 1 saturated heterocycles. The van der Waals surface area contributed by atoms with E-state index in [0.29, 0.717) is 0 Å². The van der Waals surface area contributed by atoms with Crippen molar-refractivity contribution in [1.29, 1.82) is 0 Å². The Morgan fingerprint density at radius 3 is 2.73 bits per heavy atom. The number of benzene rings is 1. The molecule has 0 aliphatic carbocycles. The van der Waals surface area contributed by atoms with Gasteiger partial charge < -0.3 is 9.64 Å². The first-order chi connectivity index (χ1) is 12.7. The first-order valence-corrected chi connectivity index (χ1v) is 9.73. The summed E-state index contributed by atoms with van der Waals surface area (Å²) < 4.78 is 5.35. The number of carbonyl (C=O) groups is 1. The molecule has 0 unspecified atom stereocenters. The lowest BCUT2D eigenvalue weighted by Gasteiger charge is -2.26. The topological polar surface area (TPSA) is 66.8 Å². The van der Waals surface area contributed by atoms with Gasteiger partial charge in [0.05, 0.1) is 31.0 Å². The number of hydrogen-bond acceptors (Lipinski definition) is 6. The maximum absolute atomic E-state index is 12.1. The normalized spacial score (nSPS) is 15.2. The smallest absolute Gasteiger partial charge is 0.246 e. The van der Waals surface area contributed by atoms with Crippen LogP contribution in [0.3, 0.4) is 0 Å². The van der Waals surface area contributed by atoms with Gasteiger partial charge in [-0.05, 0) is 24.5 Å². The van der Waals surface area contributed by atoms with E-state index < -0.39 is 0 Å². The van der Waals surface area contributed by atoms with Crippen molar-refractivity contribution in [2.75, 3.05) is 31.2 Å². The van der Waals surface area contributed by atoms with Crippen LogP contribution in [0.15, 0.2) is 34.7 Å². The molecule has 1 aliphatic rings. The van der Waals surface area contributed by atoms with Crippen LogP contribution in [-0.4, -0.2) is 42.9 Å². The zero-order valence-electron chi connectivity index (χ0n) is 15.2. The molecule has 2 heterocycles. The fraction of sp³-hybridized carbons (Fsp3) is 0.421. The van der Waals surface area contributed by atoms with Crippen molar-refractivity contribution < 1.29 is 9.53 Å². The molecule has 1 aromatic carbocycles. The average molecular weight is 372 g/mol. The average Bonchev–Trinajstić information content (AvgIpc) is 3.15. The molecule has 6 nitrogen and oxygen atoms in total. The summed E-state index contributed by atoms with van der Waals surface area (Å²) in [6.45, 7) is 7.16. The van der Waals surface area contributed by atoms with Gasteiger partial charge >= 0.3 is 0 Å². The molecule has 1 amide bonds. The monoisotopic (exact) mass is 372 g/mol. The molecule has 3 rings (SSSR count). The Bertz CT molecular complexity index is 764. The number of anilines is 1. The van der Waals surface area contributed by atoms with Crippen LogP contribution in [0.2, 0.25) is 0 Å². The Hall–Kier alpha value is -2.25. The van der Waals surface area contributed by atoms with E-state index in [0.717, 1.165) is 54.8 Å². The van der Waals surface area contributed by atoms with E-state index in [9.17, 15) is 4.79 Å². The SMILES string of the molecule is CCc1ccc(/C(C)=N\NC(=O)Cc2csc(N3CCOCC3)n2)cc1. The summed E-state index contributed by atoms with van der Waals surface area (Å²) in [5.41, 5.74) is 6.47. The van der Waals surface area contributed by atoms with Gasteiger partial charge in [0.15, 0.2) is 5.13 Å². The molecular formula is C19H24N4O2S. The Labute approximate surface area is 157 Å². The number of hydrazone groups is 1. The van der Waals surface area contributed by atoms with Gasteiger partial charge in [-0.15, -0.1) is 11.3 Å². The summed E-state index contributed by atoms with van der Waals surface area (Å²) >= 11 is 1.57. The Morgan fingerprint density at radius 1 is 1.31 bits per heavy atom. The number of aromatic nitrogens is 1. The Kier molecular flexibility index (Phi) is 6.35. The number of nitrogens with one attached hydrogen (secondary N) is 1. The number of rotatable bonds is 6. The minimum atomic E-state index is -0.159. The lowest BCUT2D eigenvalue weighted by Crippen LogP contribution is -2.36. The third-order valence-electron chi connectivity index (χ3n) is 4.29. The van der Waals surface area contributed by atoms with Crippen molar-refractivity contribution in [1.82, 2.24) is 10.4 Å². The van der Waals surface area contributed by atoms with Crippen molar-refractivity contribution in [3.8, 4) is 0 Å². The van der Waals surface area contributed by atoms with E-state index in [1.54, 1.807) is 11.3 Å². The van der Waals surface area contributed by atoms with Gasteiger partial charge in [-0.25, -0.2) is 10.4 Å². The maximum atomic E-state index is 12.1. The molecule has 1 aliphatic heterocycles. The van der Waals surface area contributed by atoms with Gasteiger partial charge in [-0.3, -0.25) is 4.79 Å². The molecular weight excluding hydrogens is 348 g/mol. The number of aryl methyl sites for hydroxylation is 1. The zero-order chi connectivity index (χ0) is 18.4. The molecule has 1 N–H and O–H groups in total. The summed E-state index contributed by atoms with van der Waals surface area (Å²) in [5, 5.41) is 7.09. The fourth-order valence-electron chi connectivity index (χ4n) is 2.67. The number of thiazole rings is 1. The second-order valence-corrected chi connectivity index (χ2v) is 7.02. The van der Waals surface area contributed by atoms with E-state index in [4.69, 9.17) is 4.74 Å². The number of carbonyl (C=O) groups excluding carboxylic acids is 1. The summed E-state index contributed by atoms with van der Waals surface area (Å²) in [7, 11) is 0. The lowest BCUT2D eigenvalue weighted by atomic mass is 10.1. The lowest BCUT2D eigenvalue weighted by molar-refractivity contribution is -0.120. The van der Waals surface area contributed by atoms with E-state index in [2.05, 4.69) is 39.5 Å². The largest absolute Gasteiger partial charge is 0.378 e. The molecule has 26 heavy (non-hydrogen) atoms. The second-order valence-electron chi connectivity index (χ2n) is 6.18. The third kappa shape index (κ3) is 4.89. The zero-order valence-corrected chi connectivity index (χ0v) is 16.0. The summed E-state index contributed by atoms with van der Waals surface area (Å²) in [5.74, 6) is -0.159. The predicted octanol–water partition coefficient (Wildman–Crippen LogP) is 2.63. The molecule has 7 heteroatoms. The summed E-state index contributed by atoms with van der Waals surface area (Å²) in [6, 6.07) is 8.22. The Balaban J connectivity index is 1.54. The standard InChI is InChI=1S/C19H24N4O2S/c1-3-15-4-6-16(7-5-15)14(2)21-22-18(24)12-17-13-26-19(20-17)23-8-10-25-11-9-23/h4-7,13H,3,8-12H2,1-2H3,(H,22,24)/b21-14-. The summed E-state index contributed by atoms with van der Waals surface area (Å²) in [4.78, 5) is 18.9. The van der Waals surface area contributed by atoms with Crippen LogP contribution in [0, 0.1) is 0 Å². The maximum Gasteiger partial charge on any atom is 0.246 e. The molecule has 0 radical (unpaired) electrons. The molecule has 138 valence electrons. The highest BCUT2D eigenvalue weighted by Gasteiger charge is 2.15. The van der Waals surface area contributed by atoms with Crippen LogP contribution in [0.4, 0.5) is 5.13 Å². The van der Waals surface area contributed by atoms with Gasteiger partial charge in [-0.1, -0.05) is 31.2 Å². The highest BCUT2D eigenvalue weighted by Crippen LogP contribution is 2.21. The first-order valence-electron chi connectivity index (χ1n) is 8.85. The highest BCUT2D eigenvalue weighted by atomic mass is 32.1. The molecule has 0 saturated carbocycles. The number of amides is 1. The molecule has 1 fully saturated rings. The molecule has 2 aromatic rings. The van der Waals surface area contributed by atoms with E-state index in [1.165, 1.54) is 5.56 Å². The van der Waals surface area contributed by atoms with E-state index >= 15 is 0 Å². The van der Waals surface area contributed by atoms with Crippen LogP contribution >= 0.6 is 11.3 Å². The molecule has 0 atom stereocenters. The fourth-order valence-corrected chi connectivity index (χ4v) is 3.55. The molecule has 0 spiro atoms. The van der Waals surface area contributed by atoms with Crippen LogP contribution in [0.5, 0.6) is 0 Å². The number of morpholine rings is 1. The van der Waals surface area contributed by atoms with Crippen molar-refractivity contribution in [3.05, 3.63) is 46.5 Å². The van der Waals surface area contributed by atoms with Crippen molar-refractivity contribution in [2.24, 2.45) is 5.10 Å². The van der Waals surface area contributed by atoms with E-state index in [1.807, 2.05) is 24.4 Å². The van der Waals surface area contributed by atoms with Crippen LogP contribution < -0.4 is 10.3 Å².